The van der Waals surface area contributed by atoms with Gasteiger partial charge in [0.1, 0.15) is 10.8 Å². The molecule has 2 aromatic rings. The number of nitrogens with zero attached hydrogens (tertiary/aromatic N) is 1. The Balaban J connectivity index is 2.43. The predicted molar refractivity (Wildman–Crippen MR) is 93.0 cm³/mol. The van der Waals surface area contributed by atoms with Gasteiger partial charge >= 0.3 is 5.69 Å². The zero-order chi connectivity index (χ0) is 17.0. The zero-order valence-electron chi connectivity index (χ0n) is 11.9. The second-order valence-electron chi connectivity index (χ2n) is 4.28. The minimum absolute atomic E-state index is 0.0644. The molecule has 0 aliphatic rings. The molecule has 23 heavy (non-hydrogen) atoms. The van der Waals surface area contributed by atoms with Gasteiger partial charge in [0.25, 0.3) is 0 Å². The van der Waals surface area contributed by atoms with Crippen molar-refractivity contribution in [3.63, 3.8) is 0 Å². The molecule has 0 aromatic heterocycles. The van der Waals surface area contributed by atoms with Gasteiger partial charge < -0.3 is 9.47 Å². The molecule has 0 fully saturated rings. The largest absolute Gasteiger partial charge is 0.483 e. The number of thiocarbonyl (C=S) groups is 1. The van der Waals surface area contributed by atoms with Crippen LogP contribution >= 0.6 is 35.4 Å². The maximum absolute atomic E-state index is 11.0. The fraction of sp³-hybridized carbons (Fsp3) is 0.133. The molecule has 2 aromatic carbocycles. The van der Waals surface area contributed by atoms with E-state index in [0.29, 0.717) is 17.9 Å². The summed E-state index contributed by atoms with van der Waals surface area (Å²) >= 11 is 17.0. The Morgan fingerprint density at radius 2 is 1.91 bits per heavy atom. The van der Waals surface area contributed by atoms with Crippen molar-refractivity contribution in [2.75, 3.05) is 6.61 Å². The van der Waals surface area contributed by atoms with E-state index in [2.05, 4.69) is 0 Å². The van der Waals surface area contributed by atoms with Gasteiger partial charge in [-0.25, -0.2) is 0 Å². The summed E-state index contributed by atoms with van der Waals surface area (Å²) in [5, 5.41) is 11.1. The summed E-state index contributed by atoms with van der Waals surface area (Å²) in [5.74, 6) is 0.485. The number of hydrogen-bond donors (Lipinski definition) is 0. The van der Waals surface area contributed by atoms with Crippen molar-refractivity contribution < 1.29 is 14.4 Å². The van der Waals surface area contributed by atoms with Crippen LogP contribution in [0, 0.1) is 10.1 Å². The molecule has 0 N–H and O–H groups in total. The van der Waals surface area contributed by atoms with E-state index in [1.807, 2.05) is 6.92 Å². The highest BCUT2D eigenvalue weighted by Crippen LogP contribution is 2.41. The summed E-state index contributed by atoms with van der Waals surface area (Å²) in [6, 6.07) is 9.72. The van der Waals surface area contributed by atoms with Gasteiger partial charge in [0.2, 0.25) is 0 Å². The lowest BCUT2D eigenvalue weighted by atomic mass is 10.2. The van der Waals surface area contributed by atoms with E-state index < -0.39 is 10.6 Å². The van der Waals surface area contributed by atoms with E-state index in [0.717, 1.165) is 0 Å². The molecule has 8 heteroatoms. The molecular weight excluding hydrogens is 361 g/mol. The number of ether oxygens (including phenoxy) is 2. The van der Waals surface area contributed by atoms with Crippen molar-refractivity contribution in [3.05, 3.63) is 62.1 Å². The SMILES string of the molecule is CCOC(=S)c1ccccc1Oc1ccc(Cl)c([N+](=O)[O-])c1Cl. The van der Waals surface area contributed by atoms with Crippen LogP contribution in [-0.4, -0.2) is 16.6 Å². The minimum atomic E-state index is -0.658. The maximum Gasteiger partial charge on any atom is 0.310 e. The fourth-order valence-electron chi connectivity index (χ4n) is 1.82. The number of hydrogen-bond acceptors (Lipinski definition) is 5. The lowest BCUT2D eigenvalue weighted by Crippen LogP contribution is -2.05. The van der Waals surface area contributed by atoms with Crippen LogP contribution in [0.15, 0.2) is 36.4 Å². The number of halogens is 2. The Hall–Kier alpha value is -1.89. The molecule has 0 spiro atoms. The summed E-state index contributed by atoms with van der Waals surface area (Å²) in [5.41, 5.74) is 0.147. The standard InChI is InChI=1S/C15H11Cl2NO4S/c1-2-21-15(23)9-5-3-4-6-11(9)22-12-8-7-10(16)14(13(12)17)18(19)20/h3-8H,2H2,1H3. The average molecular weight is 372 g/mol. The van der Waals surface area contributed by atoms with Gasteiger partial charge in [-0.1, -0.05) is 35.3 Å². The van der Waals surface area contributed by atoms with Gasteiger partial charge in [-0.05, 0) is 43.4 Å². The lowest BCUT2D eigenvalue weighted by molar-refractivity contribution is -0.384. The normalized spacial score (nSPS) is 10.2. The third-order valence-electron chi connectivity index (χ3n) is 2.82. The van der Waals surface area contributed by atoms with Crippen molar-refractivity contribution in [1.82, 2.24) is 0 Å². The van der Waals surface area contributed by atoms with Crippen molar-refractivity contribution in [2.24, 2.45) is 0 Å². The Kier molecular flexibility index (Phi) is 5.76. The van der Waals surface area contributed by atoms with E-state index in [4.69, 9.17) is 44.9 Å². The molecule has 0 atom stereocenters. The van der Waals surface area contributed by atoms with Gasteiger partial charge in [-0.3, -0.25) is 10.1 Å². The topological polar surface area (TPSA) is 61.6 Å². The molecule has 0 amide bonds. The summed E-state index contributed by atoms with van der Waals surface area (Å²) in [7, 11) is 0. The second kappa shape index (κ2) is 7.59. The fourth-order valence-corrected chi connectivity index (χ4v) is 2.65. The van der Waals surface area contributed by atoms with Crippen LogP contribution in [0.1, 0.15) is 12.5 Å². The van der Waals surface area contributed by atoms with Crippen LogP contribution in [0.25, 0.3) is 0 Å². The first-order valence-electron chi connectivity index (χ1n) is 6.52. The van der Waals surface area contributed by atoms with E-state index in [-0.39, 0.29) is 20.8 Å². The van der Waals surface area contributed by atoms with Crippen LogP contribution in [0.2, 0.25) is 10.0 Å². The number of nitro benzene ring substituents is 1. The van der Waals surface area contributed by atoms with Gasteiger partial charge in [0.05, 0.1) is 17.1 Å². The van der Waals surface area contributed by atoms with Crippen molar-refractivity contribution >= 4 is 46.2 Å². The zero-order valence-corrected chi connectivity index (χ0v) is 14.2. The summed E-state index contributed by atoms with van der Waals surface area (Å²) in [4.78, 5) is 10.4. The van der Waals surface area contributed by atoms with E-state index in [1.54, 1.807) is 24.3 Å². The lowest BCUT2D eigenvalue weighted by Gasteiger charge is -2.13. The highest BCUT2D eigenvalue weighted by molar-refractivity contribution is 7.80. The van der Waals surface area contributed by atoms with Crippen molar-refractivity contribution in [2.45, 2.75) is 6.92 Å². The average Bonchev–Trinajstić information content (AvgIpc) is 2.50. The molecule has 2 rings (SSSR count). The molecule has 0 aliphatic heterocycles. The van der Waals surface area contributed by atoms with Crippen LogP contribution < -0.4 is 4.74 Å². The van der Waals surface area contributed by atoms with Gasteiger partial charge in [0.15, 0.2) is 15.8 Å². The molecule has 0 aliphatic carbocycles. The minimum Gasteiger partial charge on any atom is -0.483 e. The molecular formula is C15H11Cl2NO4S. The molecule has 0 saturated carbocycles. The Morgan fingerprint density at radius 3 is 2.57 bits per heavy atom. The van der Waals surface area contributed by atoms with Crippen molar-refractivity contribution in [3.8, 4) is 11.5 Å². The van der Waals surface area contributed by atoms with Crippen LogP contribution in [0.4, 0.5) is 5.69 Å². The maximum atomic E-state index is 11.0. The third kappa shape index (κ3) is 3.90. The Labute approximate surface area is 147 Å². The smallest absolute Gasteiger partial charge is 0.310 e. The number of rotatable bonds is 5. The molecule has 0 saturated heterocycles. The number of benzene rings is 2. The van der Waals surface area contributed by atoms with Crippen molar-refractivity contribution in [1.29, 1.82) is 0 Å². The molecule has 120 valence electrons. The van der Waals surface area contributed by atoms with Gasteiger partial charge in [0, 0.05) is 0 Å². The highest BCUT2D eigenvalue weighted by Gasteiger charge is 2.23. The third-order valence-corrected chi connectivity index (χ3v) is 3.82. The van der Waals surface area contributed by atoms with Gasteiger partial charge in [-0.2, -0.15) is 0 Å². The van der Waals surface area contributed by atoms with E-state index in [9.17, 15) is 10.1 Å². The van der Waals surface area contributed by atoms with E-state index in [1.165, 1.54) is 12.1 Å². The molecule has 0 radical (unpaired) electrons. The quantitative estimate of drug-likeness (QED) is 0.399. The van der Waals surface area contributed by atoms with Crippen LogP contribution in [-0.2, 0) is 4.74 Å². The first-order chi connectivity index (χ1) is 11.0. The first-order valence-corrected chi connectivity index (χ1v) is 7.68. The molecule has 5 nitrogen and oxygen atoms in total. The molecule has 0 bridgehead atoms. The van der Waals surface area contributed by atoms with Crippen LogP contribution in [0.5, 0.6) is 11.5 Å². The van der Waals surface area contributed by atoms with Crippen LogP contribution in [0.3, 0.4) is 0 Å². The predicted octanol–water partition coefficient (Wildman–Crippen LogP) is 5.41. The van der Waals surface area contributed by atoms with E-state index >= 15 is 0 Å². The second-order valence-corrected chi connectivity index (χ2v) is 5.44. The van der Waals surface area contributed by atoms with Gasteiger partial charge in [-0.15, -0.1) is 0 Å². The first kappa shape index (κ1) is 17.5. The number of para-hydroxylation sites is 1. The summed E-state index contributed by atoms with van der Waals surface area (Å²) in [6.07, 6.45) is 0. The Bertz CT molecular complexity index is 767. The monoisotopic (exact) mass is 371 g/mol. The highest BCUT2D eigenvalue weighted by atomic mass is 35.5. The summed E-state index contributed by atoms with van der Waals surface area (Å²) < 4.78 is 11.0. The Morgan fingerprint density at radius 1 is 1.22 bits per heavy atom. The molecule has 0 heterocycles. The molecule has 0 unspecified atom stereocenters. The summed E-state index contributed by atoms with van der Waals surface area (Å²) in [6.45, 7) is 2.23. The number of nitro groups is 1.